The molecule has 8 heteroatoms. The molecule has 0 heterocycles. The molecule has 2 saturated carbocycles. The minimum Gasteiger partial charge on any atom is -0.481 e. The Hall–Kier alpha value is -2.45. The van der Waals surface area contributed by atoms with Crippen molar-refractivity contribution in [1.82, 2.24) is 5.32 Å². The maximum atomic E-state index is 12.4. The average Bonchev–Trinajstić information content (AvgIpc) is 3.24. The van der Waals surface area contributed by atoms with E-state index in [0.717, 1.165) is 5.56 Å². The zero-order valence-electron chi connectivity index (χ0n) is 13.3. The Balaban J connectivity index is 1.75. The van der Waals surface area contributed by atoms with E-state index < -0.39 is 53.3 Å². The molecule has 1 aromatic carbocycles. The summed E-state index contributed by atoms with van der Waals surface area (Å²) < 4.78 is 0. The highest BCUT2D eigenvalue weighted by Gasteiger charge is 2.75. The number of benzene rings is 1. The van der Waals surface area contributed by atoms with Crippen molar-refractivity contribution in [2.45, 2.75) is 30.5 Å². The number of carbonyl (C=O) groups is 3. The van der Waals surface area contributed by atoms with Crippen LogP contribution in [0.4, 0.5) is 0 Å². The van der Waals surface area contributed by atoms with Gasteiger partial charge in [-0.15, -0.1) is 0 Å². The number of aliphatic hydroxyl groups excluding tert-OH is 1. The third-order valence-corrected chi connectivity index (χ3v) is 5.27. The van der Waals surface area contributed by atoms with Crippen LogP contribution in [0.2, 0.25) is 0 Å². The van der Waals surface area contributed by atoms with Crippen molar-refractivity contribution in [2.24, 2.45) is 23.5 Å². The largest absolute Gasteiger partial charge is 0.481 e. The molecule has 1 aromatic rings. The van der Waals surface area contributed by atoms with Crippen LogP contribution in [0.3, 0.4) is 0 Å². The van der Waals surface area contributed by atoms with Crippen LogP contribution in [0.5, 0.6) is 0 Å². The number of nitrogens with one attached hydrogen (secondary N) is 1. The lowest BCUT2D eigenvalue weighted by atomic mass is 9.89. The van der Waals surface area contributed by atoms with Gasteiger partial charge in [0, 0.05) is 18.3 Å². The van der Waals surface area contributed by atoms with E-state index in [1.54, 1.807) is 24.3 Å². The number of rotatable bonds is 6. The number of aliphatic hydroxyl groups is 1. The molecule has 2 aliphatic carbocycles. The topological polar surface area (TPSA) is 150 Å². The number of carboxylic acid groups (broad SMARTS) is 2. The van der Waals surface area contributed by atoms with Crippen molar-refractivity contribution >= 4 is 17.8 Å². The molecule has 0 saturated heterocycles. The summed E-state index contributed by atoms with van der Waals surface area (Å²) in [6.07, 6.45) is -1.07. The second-order valence-electron chi connectivity index (χ2n) is 6.80. The van der Waals surface area contributed by atoms with E-state index in [-0.39, 0.29) is 12.8 Å². The molecule has 0 bridgehead atoms. The second-order valence-corrected chi connectivity index (χ2v) is 6.80. The van der Waals surface area contributed by atoms with E-state index in [0.29, 0.717) is 0 Å². The normalized spacial score (nSPS) is 34.0. The first-order chi connectivity index (χ1) is 11.8. The summed E-state index contributed by atoms with van der Waals surface area (Å²) in [6, 6.07) is 8.06. The van der Waals surface area contributed by atoms with E-state index in [1.807, 2.05) is 6.07 Å². The minimum absolute atomic E-state index is 0.217. The lowest BCUT2D eigenvalue weighted by Gasteiger charge is -2.30. The number of aliphatic carboxylic acids is 2. The monoisotopic (exact) mass is 348 g/mol. The average molecular weight is 348 g/mol. The van der Waals surface area contributed by atoms with Gasteiger partial charge in [-0.2, -0.15) is 0 Å². The van der Waals surface area contributed by atoms with Crippen LogP contribution in [0, 0.1) is 17.8 Å². The second kappa shape index (κ2) is 6.12. The van der Waals surface area contributed by atoms with E-state index in [9.17, 15) is 29.7 Å². The zero-order chi connectivity index (χ0) is 18.4. The molecule has 2 fully saturated rings. The minimum atomic E-state index is -1.79. The molecule has 0 unspecified atom stereocenters. The summed E-state index contributed by atoms with van der Waals surface area (Å²) >= 11 is 0. The standard InChI is InChI=1S/C17H20N2O6/c18-9(6-8-4-2-1-3-5-8)14(21)19-17(16(24)25)7-10(20)11-12(13(11)17)15(22)23/h1-5,9-13,20H,6-7,18H2,(H,19,21)(H,22,23)(H,24,25)/t9-,10-,11-,12-,13-,17-/m0/s1. The number of carbonyl (C=O) groups excluding carboxylic acids is 1. The summed E-state index contributed by atoms with van der Waals surface area (Å²) in [6.45, 7) is 0. The van der Waals surface area contributed by atoms with E-state index in [4.69, 9.17) is 5.73 Å². The predicted molar refractivity (Wildman–Crippen MR) is 85.4 cm³/mol. The van der Waals surface area contributed by atoms with Gasteiger partial charge in [-0.3, -0.25) is 9.59 Å². The van der Waals surface area contributed by atoms with Gasteiger partial charge in [0.1, 0.15) is 5.54 Å². The summed E-state index contributed by atoms with van der Waals surface area (Å²) in [5.74, 6) is -5.63. The molecule has 0 spiro atoms. The fourth-order valence-corrected chi connectivity index (χ4v) is 4.06. The molecule has 6 N–H and O–H groups in total. The Morgan fingerprint density at radius 3 is 2.40 bits per heavy atom. The van der Waals surface area contributed by atoms with Crippen molar-refractivity contribution in [3.05, 3.63) is 35.9 Å². The molecule has 134 valence electrons. The molecule has 0 aromatic heterocycles. The summed E-state index contributed by atoms with van der Waals surface area (Å²) in [7, 11) is 0. The van der Waals surface area contributed by atoms with Gasteiger partial charge in [0.25, 0.3) is 0 Å². The van der Waals surface area contributed by atoms with Crippen LogP contribution in [0.25, 0.3) is 0 Å². The zero-order valence-corrected chi connectivity index (χ0v) is 13.3. The number of hydrogen-bond donors (Lipinski definition) is 5. The van der Waals surface area contributed by atoms with E-state index in [1.165, 1.54) is 0 Å². The van der Waals surface area contributed by atoms with Crippen molar-refractivity contribution in [3.8, 4) is 0 Å². The Morgan fingerprint density at radius 1 is 1.24 bits per heavy atom. The van der Waals surface area contributed by atoms with Crippen molar-refractivity contribution < 1.29 is 29.7 Å². The maximum Gasteiger partial charge on any atom is 0.329 e. The predicted octanol–water partition coefficient (Wildman–Crippen LogP) is -0.793. The van der Waals surface area contributed by atoms with Gasteiger partial charge >= 0.3 is 11.9 Å². The first-order valence-corrected chi connectivity index (χ1v) is 8.03. The van der Waals surface area contributed by atoms with Gasteiger partial charge in [-0.1, -0.05) is 30.3 Å². The third kappa shape index (κ3) is 2.87. The van der Waals surface area contributed by atoms with Gasteiger partial charge in [0.15, 0.2) is 0 Å². The highest BCUT2D eigenvalue weighted by Crippen LogP contribution is 2.62. The van der Waals surface area contributed by atoms with Crippen molar-refractivity contribution in [3.63, 3.8) is 0 Å². The van der Waals surface area contributed by atoms with Crippen LogP contribution < -0.4 is 11.1 Å². The lowest BCUT2D eigenvalue weighted by Crippen LogP contribution is -2.60. The van der Waals surface area contributed by atoms with Gasteiger partial charge < -0.3 is 26.4 Å². The SMILES string of the molecule is N[C@@H](Cc1ccccc1)C(=O)N[C@@]1(C(=O)O)C[C@H](O)[C@H]2[C@H](C(=O)O)[C@H]21. The van der Waals surface area contributed by atoms with Gasteiger partial charge in [0.2, 0.25) is 5.91 Å². The van der Waals surface area contributed by atoms with E-state index >= 15 is 0 Å². The van der Waals surface area contributed by atoms with Gasteiger partial charge in [-0.25, -0.2) is 4.79 Å². The molecule has 8 nitrogen and oxygen atoms in total. The fourth-order valence-electron chi connectivity index (χ4n) is 4.06. The molecule has 1 amide bonds. The van der Waals surface area contributed by atoms with Crippen LogP contribution in [0.1, 0.15) is 12.0 Å². The smallest absolute Gasteiger partial charge is 0.329 e. The molecule has 25 heavy (non-hydrogen) atoms. The maximum absolute atomic E-state index is 12.4. The lowest BCUT2D eigenvalue weighted by molar-refractivity contribution is -0.150. The van der Waals surface area contributed by atoms with Crippen LogP contribution in [0.15, 0.2) is 30.3 Å². The Bertz CT molecular complexity index is 708. The fraction of sp³-hybridized carbons (Fsp3) is 0.471. The van der Waals surface area contributed by atoms with E-state index in [2.05, 4.69) is 5.32 Å². The molecular weight excluding hydrogens is 328 g/mol. The Labute approximate surface area is 143 Å². The van der Waals surface area contributed by atoms with Crippen LogP contribution in [-0.4, -0.2) is 50.9 Å². The number of hydrogen-bond acceptors (Lipinski definition) is 5. The highest BCUT2D eigenvalue weighted by molar-refractivity contribution is 5.92. The Morgan fingerprint density at radius 2 is 1.88 bits per heavy atom. The quantitative estimate of drug-likeness (QED) is 0.452. The molecule has 3 rings (SSSR count). The van der Waals surface area contributed by atoms with Crippen molar-refractivity contribution in [1.29, 1.82) is 0 Å². The first kappa shape index (κ1) is 17.4. The number of amides is 1. The number of nitrogens with two attached hydrogens (primary N) is 1. The number of fused-ring (bicyclic) bond motifs is 1. The third-order valence-electron chi connectivity index (χ3n) is 5.27. The van der Waals surface area contributed by atoms with Crippen molar-refractivity contribution in [2.75, 3.05) is 0 Å². The summed E-state index contributed by atoms with van der Waals surface area (Å²) in [5.41, 5.74) is 4.93. The first-order valence-electron chi connectivity index (χ1n) is 8.03. The molecule has 2 aliphatic rings. The summed E-state index contributed by atoms with van der Waals surface area (Å²) in [5, 5.41) is 31.3. The molecule has 0 aliphatic heterocycles. The van der Waals surface area contributed by atoms with Crippen LogP contribution >= 0.6 is 0 Å². The number of carboxylic acids is 2. The highest BCUT2D eigenvalue weighted by atomic mass is 16.4. The van der Waals surface area contributed by atoms with Gasteiger partial charge in [-0.05, 0) is 12.0 Å². The molecular formula is C17H20N2O6. The van der Waals surface area contributed by atoms with Crippen LogP contribution in [-0.2, 0) is 20.8 Å². The Kier molecular flexibility index (Phi) is 4.26. The molecule has 6 atom stereocenters. The summed E-state index contributed by atoms with van der Waals surface area (Å²) in [4.78, 5) is 35.5. The molecule has 0 radical (unpaired) electrons. The van der Waals surface area contributed by atoms with Gasteiger partial charge in [0.05, 0.1) is 18.1 Å².